The van der Waals surface area contributed by atoms with Gasteiger partial charge in [-0.05, 0) is 18.3 Å². The van der Waals surface area contributed by atoms with Crippen molar-refractivity contribution in [2.24, 2.45) is 11.3 Å². The molecule has 0 aromatic carbocycles. The predicted molar refractivity (Wildman–Crippen MR) is 71.9 cm³/mol. The fourth-order valence-corrected chi connectivity index (χ4v) is 1.76. The lowest BCUT2D eigenvalue weighted by molar-refractivity contribution is -0.142. The van der Waals surface area contributed by atoms with Gasteiger partial charge in [-0.15, -0.1) is 0 Å². The number of hydrogen-bond donors (Lipinski definition) is 3. The van der Waals surface area contributed by atoms with E-state index >= 15 is 0 Å². The van der Waals surface area contributed by atoms with Crippen molar-refractivity contribution in [3.05, 3.63) is 0 Å². The number of rotatable bonds is 7. The minimum Gasteiger partial charge on any atom is -0.481 e. The molecule has 2 amide bonds. The van der Waals surface area contributed by atoms with Crippen molar-refractivity contribution in [2.45, 2.75) is 46.2 Å². The van der Waals surface area contributed by atoms with E-state index in [-0.39, 0.29) is 24.9 Å². The van der Waals surface area contributed by atoms with Crippen molar-refractivity contribution in [3.63, 3.8) is 0 Å². The van der Waals surface area contributed by atoms with Crippen LogP contribution in [0, 0.1) is 11.3 Å². The fourth-order valence-electron chi connectivity index (χ4n) is 1.76. The van der Waals surface area contributed by atoms with Crippen molar-refractivity contribution in [1.29, 1.82) is 0 Å². The number of aliphatic carboxylic acids is 1. The van der Waals surface area contributed by atoms with Gasteiger partial charge in [-0.3, -0.25) is 4.79 Å². The van der Waals surface area contributed by atoms with Gasteiger partial charge in [-0.1, -0.05) is 20.8 Å². The number of carbonyl (C=O) groups is 2. The maximum Gasteiger partial charge on any atom is 0.389 e. The quantitative estimate of drug-likeness (QED) is 0.633. The van der Waals surface area contributed by atoms with Crippen LogP contribution in [0.1, 0.15) is 40.0 Å². The summed E-state index contributed by atoms with van der Waals surface area (Å²) in [5.74, 6) is -1.74. The SMILES string of the molecule is CC(C)(C)CC(CNC(=O)NCCCC(F)(F)F)C(=O)O. The highest BCUT2D eigenvalue weighted by molar-refractivity contribution is 5.75. The zero-order valence-electron chi connectivity index (χ0n) is 12.5. The highest BCUT2D eigenvalue weighted by atomic mass is 19.4. The first-order chi connectivity index (χ1) is 9.41. The Morgan fingerprint density at radius 3 is 2.14 bits per heavy atom. The molecule has 8 heteroatoms. The molecular formula is C13H23F3N2O3. The number of hydrogen-bond acceptors (Lipinski definition) is 2. The van der Waals surface area contributed by atoms with E-state index in [1.54, 1.807) is 0 Å². The Morgan fingerprint density at radius 2 is 1.71 bits per heavy atom. The lowest BCUT2D eigenvalue weighted by Gasteiger charge is -2.23. The Balaban J connectivity index is 4.01. The summed E-state index contributed by atoms with van der Waals surface area (Å²) in [7, 11) is 0. The van der Waals surface area contributed by atoms with E-state index in [9.17, 15) is 22.8 Å². The van der Waals surface area contributed by atoms with Gasteiger partial charge in [0.15, 0.2) is 0 Å². The van der Waals surface area contributed by atoms with Crippen LogP contribution < -0.4 is 10.6 Å². The molecule has 0 bridgehead atoms. The van der Waals surface area contributed by atoms with Crippen LogP contribution in [0.2, 0.25) is 0 Å². The second-order valence-corrected chi connectivity index (χ2v) is 6.16. The number of carboxylic acids is 1. The molecular weight excluding hydrogens is 289 g/mol. The highest BCUT2D eigenvalue weighted by Crippen LogP contribution is 2.24. The van der Waals surface area contributed by atoms with Gasteiger partial charge in [0.2, 0.25) is 0 Å². The van der Waals surface area contributed by atoms with Crippen LogP contribution in [0.15, 0.2) is 0 Å². The van der Waals surface area contributed by atoms with Gasteiger partial charge in [-0.25, -0.2) is 4.79 Å². The Morgan fingerprint density at radius 1 is 1.14 bits per heavy atom. The smallest absolute Gasteiger partial charge is 0.389 e. The third-order valence-electron chi connectivity index (χ3n) is 2.64. The molecule has 0 aromatic heterocycles. The second-order valence-electron chi connectivity index (χ2n) is 6.16. The Bertz CT molecular complexity index is 352. The van der Waals surface area contributed by atoms with E-state index in [1.165, 1.54) is 0 Å². The number of urea groups is 1. The largest absolute Gasteiger partial charge is 0.481 e. The van der Waals surface area contributed by atoms with Crippen LogP contribution in [0.3, 0.4) is 0 Å². The molecule has 5 nitrogen and oxygen atoms in total. The van der Waals surface area contributed by atoms with E-state index in [0.717, 1.165) is 0 Å². The number of halogens is 3. The minimum absolute atomic E-state index is 0.0578. The lowest BCUT2D eigenvalue weighted by atomic mass is 9.84. The van der Waals surface area contributed by atoms with Crippen LogP contribution in [0.4, 0.5) is 18.0 Å². The molecule has 0 spiro atoms. The molecule has 0 aliphatic rings. The average Bonchev–Trinajstić information content (AvgIpc) is 2.27. The molecule has 0 heterocycles. The molecule has 0 rings (SSSR count). The van der Waals surface area contributed by atoms with Crippen LogP contribution in [0.25, 0.3) is 0 Å². The molecule has 0 aliphatic carbocycles. The van der Waals surface area contributed by atoms with Crippen molar-refractivity contribution in [3.8, 4) is 0 Å². The first kappa shape index (κ1) is 19.5. The molecule has 0 saturated carbocycles. The normalized spacial score (nSPS) is 13.6. The molecule has 0 saturated heterocycles. The molecule has 0 radical (unpaired) electrons. The molecule has 0 fully saturated rings. The van der Waals surface area contributed by atoms with Gasteiger partial charge in [-0.2, -0.15) is 13.2 Å². The van der Waals surface area contributed by atoms with Gasteiger partial charge in [0, 0.05) is 19.5 Å². The highest BCUT2D eigenvalue weighted by Gasteiger charge is 2.26. The summed E-state index contributed by atoms with van der Waals surface area (Å²) in [6.45, 7) is 5.50. The molecule has 1 atom stereocenters. The summed E-state index contributed by atoms with van der Waals surface area (Å²) in [6.07, 6.45) is -5.02. The van der Waals surface area contributed by atoms with Gasteiger partial charge in [0.25, 0.3) is 0 Å². The fraction of sp³-hybridized carbons (Fsp3) is 0.846. The second kappa shape index (κ2) is 8.09. The first-order valence-corrected chi connectivity index (χ1v) is 6.72. The summed E-state index contributed by atoms with van der Waals surface area (Å²) >= 11 is 0. The molecule has 0 aliphatic heterocycles. The van der Waals surface area contributed by atoms with Crippen LogP contribution in [-0.4, -0.2) is 36.4 Å². The Hall–Kier alpha value is -1.47. The zero-order chi connectivity index (χ0) is 16.7. The van der Waals surface area contributed by atoms with Crippen molar-refractivity contribution < 1.29 is 27.9 Å². The van der Waals surface area contributed by atoms with Crippen LogP contribution >= 0.6 is 0 Å². The molecule has 21 heavy (non-hydrogen) atoms. The van der Waals surface area contributed by atoms with Gasteiger partial charge >= 0.3 is 18.2 Å². The number of amides is 2. The monoisotopic (exact) mass is 312 g/mol. The topological polar surface area (TPSA) is 78.4 Å². The number of alkyl halides is 3. The number of nitrogens with one attached hydrogen (secondary N) is 2. The van der Waals surface area contributed by atoms with Crippen molar-refractivity contribution in [1.82, 2.24) is 10.6 Å². The van der Waals surface area contributed by atoms with Crippen LogP contribution in [0.5, 0.6) is 0 Å². The third kappa shape index (κ3) is 12.0. The maximum absolute atomic E-state index is 11.9. The average molecular weight is 312 g/mol. The lowest BCUT2D eigenvalue weighted by Crippen LogP contribution is -2.41. The third-order valence-corrected chi connectivity index (χ3v) is 2.64. The first-order valence-electron chi connectivity index (χ1n) is 6.72. The van der Waals surface area contributed by atoms with Crippen molar-refractivity contribution >= 4 is 12.0 Å². The summed E-state index contributed by atoms with van der Waals surface area (Å²) in [6, 6.07) is -0.655. The van der Waals surface area contributed by atoms with Gasteiger partial charge < -0.3 is 15.7 Å². The number of carboxylic acid groups (broad SMARTS) is 1. The summed E-state index contributed by atoms with van der Waals surface area (Å²) < 4.78 is 35.7. The predicted octanol–water partition coefficient (Wildman–Crippen LogP) is 2.77. The Kier molecular flexibility index (Phi) is 7.52. The standard InChI is InChI=1S/C13H23F3N2O3/c1-12(2,3)7-9(10(19)20)8-18-11(21)17-6-4-5-13(14,15)16/h9H,4-8H2,1-3H3,(H,19,20)(H2,17,18,21). The summed E-state index contributed by atoms with van der Waals surface area (Å²) in [5.41, 5.74) is -0.200. The number of carbonyl (C=O) groups excluding carboxylic acids is 1. The van der Waals surface area contributed by atoms with E-state index in [2.05, 4.69) is 10.6 Å². The molecule has 0 aromatic rings. The van der Waals surface area contributed by atoms with Crippen LogP contribution in [-0.2, 0) is 4.79 Å². The van der Waals surface area contributed by atoms with E-state index < -0.39 is 30.5 Å². The Labute approximate surface area is 122 Å². The zero-order valence-corrected chi connectivity index (χ0v) is 12.5. The van der Waals surface area contributed by atoms with Crippen molar-refractivity contribution in [2.75, 3.05) is 13.1 Å². The molecule has 3 N–H and O–H groups in total. The van der Waals surface area contributed by atoms with Gasteiger partial charge in [0.05, 0.1) is 5.92 Å². The molecule has 1 unspecified atom stereocenters. The van der Waals surface area contributed by atoms with E-state index in [0.29, 0.717) is 6.42 Å². The van der Waals surface area contributed by atoms with E-state index in [4.69, 9.17) is 5.11 Å². The molecule has 124 valence electrons. The minimum atomic E-state index is -4.24. The van der Waals surface area contributed by atoms with Gasteiger partial charge in [0.1, 0.15) is 0 Å². The van der Waals surface area contributed by atoms with E-state index in [1.807, 2.05) is 20.8 Å². The summed E-state index contributed by atoms with van der Waals surface area (Å²) in [5, 5.41) is 13.7. The summed E-state index contributed by atoms with van der Waals surface area (Å²) in [4.78, 5) is 22.4. The maximum atomic E-state index is 11.9.